The van der Waals surface area contributed by atoms with Gasteiger partial charge in [-0.3, -0.25) is 0 Å². The van der Waals surface area contributed by atoms with Crippen LogP contribution in [0.4, 0.5) is 0 Å². The van der Waals surface area contributed by atoms with Gasteiger partial charge >= 0.3 is 0 Å². The lowest BCUT2D eigenvalue weighted by atomic mass is 10.1. The first-order chi connectivity index (χ1) is 9.24. The minimum absolute atomic E-state index is 0.700. The van der Waals surface area contributed by atoms with Gasteiger partial charge in [0.15, 0.2) is 0 Å². The fourth-order valence-electron chi connectivity index (χ4n) is 1.41. The largest absolute Gasteiger partial charge is 0.381 e. The third kappa shape index (κ3) is 7.49. The molecule has 1 rings (SSSR count). The molecule has 0 aliphatic rings. The molecule has 0 fully saturated rings. The van der Waals surface area contributed by atoms with E-state index in [9.17, 15) is 0 Å². The number of tetrazole rings is 1. The van der Waals surface area contributed by atoms with Crippen molar-refractivity contribution in [2.45, 2.75) is 38.9 Å². The summed E-state index contributed by atoms with van der Waals surface area (Å²) < 4.78 is 7.40. The second kappa shape index (κ2) is 10.2. The summed E-state index contributed by atoms with van der Waals surface area (Å²) in [6, 6.07) is 0. The molecule has 110 valence electrons. The second-order valence-corrected chi connectivity index (χ2v) is 5.74. The number of thioether (sulfide) groups is 1. The molecule has 0 saturated carbocycles. The van der Waals surface area contributed by atoms with Gasteiger partial charge in [-0.25, -0.2) is 4.68 Å². The molecule has 0 bridgehead atoms. The molecule has 0 saturated heterocycles. The molecule has 19 heavy (non-hydrogen) atoms. The normalized spacial score (nSPS) is 11.4. The van der Waals surface area contributed by atoms with Gasteiger partial charge in [-0.2, -0.15) is 0 Å². The van der Waals surface area contributed by atoms with E-state index in [1.165, 1.54) is 0 Å². The minimum Gasteiger partial charge on any atom is -0.381 e. The van der Waals surface area contributed by atoms with Gasteiger partial charge in [0.25, 0.3) is 0 Å². The maximum absolute atomic E-state index is 5.57. The molecule has 0 radical (unpaired) electrons. The van der Waals surface area contributed by atoms with Gasteiger partial charge in [0.2, 0.25) is 5.16 Å². The summed E-state index contributed by atoms with van der Waals surface area (Å²) in [6.45, 7) is 10.7. The predicted octanol–water partition coefficient (Wildman–Crippen LogP) is 1.44. The zero-order valence-corrected chi connectivity index (χ0v) is 12.9. The molecule has 0 amide bonds. The number of ether oxygens (including phenoxy) is 1. The van der Waals surface area contributed by atoms with E-state index >= 15 is 0 Å². The van der Waals surface area contributed by atoms with E-state index < -0.39 is 0 Å². The highest BCUT2D eigenvalue weighted by molar-refractivity contribution is 7.99. The average molecular weight is 287 g/mol. The molecular weight excluding hydrogens is 262 g/mol. The molecule has 0 aromatic carbocycles. The van der Waals surface area contributed by atoms with Gasteiger partial charge in [-0.05, 0) is 29.3 Å². The molecule has 0 aliphatic heterocycles. The topological polar surface area (TPSA) is 64.9 Å². The Bertz CT molecular complexity index is 332. The molecular formula is C12H25N5OS. The van der Waals surface area contributed by atoms with Crippen molar-refractivity contribution < 1.29 is 4.74 Å². The number of rotatable bonds is 11. The Morgan fingerprint density at radius 1 is 1.37 bits per heavy atom. The zero-order valence-electron chi connectivity index (χ0n) is 12.1. The summed E-state index contributed by atoms with van der Waals surface area (Å²) >= 11 is 1.64. The predicted molar refractivity (Wildman–Crippen MR) is 77.4 cm³/mol. The first-order valence-electron chi connectivity index (χ1n) is 6.91. The molecule has 1 heterocycles. The first kappa shape index (κ1) is 16.4. The summed E-state index contributed by atoms with van der Waals surface area (Å²) in [5, 5.41) is 15.8. The Morgan fingerprint density at radius 2 is 2.21 bits per heavy atom. The lowest BCUT2D eigenvalue weighted by Crippen LogP contribution is -2.20. The van der Waals surface area contributed by atoms with Crippen LogP contribution in [-0.4, -0.2) is 52.3 Å². The van der Waals surface area contributed by atoms with Crippen LogP contribution in [0.2, 0.25) is 0 Å². The van der Waals surface area contributed by atoms with Crippen molar-refractivity contribution in [3.63, 3.8) is 0 Å². The fraction of sp³-hybridized carbons (Fsp3) is 0.917. The van der Waals surface area contributed by atoms with Crippen molar-refractivity contribution in [1.29, 1.82) is 0 Å². The highest BCUT2D eigenvalue weighted by atomic mass is 32.2. The Balaban J connectivity index is 2.13. The molecule has 0 spiro atoms. The van der Waals surface area contributed by atoms with Gasteiger partial charge in [0.1, 0.15) is 0 Å². The summed E-state index contributed by atoms with van der Waals surface area (Å²) in [5.41, 5.74) is 0. The van der Waals surface area contributed by atoms with E-state index in [4.69, 9.17) is 4.74 Å². The summed E-state index contributed by atoms with van der Waals surface area (Å²) in [7, 11) is 0. The third-order valence-electron chi connectivity index (χ3n) is 2.55. The van der Waals surface area contributed by atoms with Crippen molar-refractivity contribution in [1.82, 2.24) is 25.5 Å². The van der Waals surface area contributed by atoms with Gasteiger partial charge in [-0.15, -0.1) is 5.10 Å². The Morgan fingerprint density at radius 3 is 2.95 bits per heavy atom. The minimum atomic E-state index is 0.700. The number of hydrogen-bond acceptors (Lipinski definition) is 6. The van der Waals surface area contributed by atoms with Crippen molar-refractivity contribution in [2.24, 2.45) is 5.92 Å². The lowest BCUT2D eigenvalue weighted by molar-refractivity contribution is 0.138. The van der Waals surface area contributed by atoms with Crippen molar-refractivity contribution in [2.75, 3.05) is 32.1 Å². The zero-order chi connectivity index (χ0) is 13.9. The van der Waals surface area contributed by atoms with Crippen LogP contribution < -0.4 is 5.32 Å². The van der Waals surface area contributed by atoms with E-state index in [2.05, 4.69) is 41.6 Å². The third-order valence-corrected chi connectivity index (χ3v) is 3.47. The molecule has 1 N–H and O–H groups in total. The molecule has 6 nitrogen and oxygen atoms in total. The number of hydrogen-bond donors (Lipinski definition) is 1. The quantitative estimate of drug-likeness (QED) is 0.491. The van der Waals surface area contributed by atoms with Crippen LogP contribution in [0.5, 0.6) is 0 Å². The fourth-order valence-corrected chi connectivity index (χ4v) is 2.17. The van der Waals surface area contributed by atoms with E-state index in [-0.39, 0.29) is 0 Å². The second-order valence-electron chi connectivity index (χ2n) is 4.68. The Kier molecular flexibility index (Phi) is 8.77. The lowest BCUT2D eigenvalue weighted by Gasteiger charge is -2.06. The van der Waals surface area contributed by atoms with Crippen molar-refractivity contribution in [3.05, 3.63) is 0 Å². The number of likely N-dealkylation sites (N-methyl/N-ethyl adjacent to an activating group) is 1. The smallest absolute Gasteiger partial charge is 0.209 e. The van der Waals surface area contributed by atoms with E-state index in [0.717, 1.165) is 50.2 Å². The number of aromatic nitrogens is 4. The molecule has 1 aromatic heterocycles. The first-order valence-corrected chi connectivity index (χ1v) is 7.90. The van der Waals surface area contributed by atoms with Gasteiger partial charge in [0, 0.05) is 18.9 Å². The van der Waals surface area contributed by atoms with E-state index in [1.54, 1.807) is 11.8 Å². The molecule has 0 atom stereocenters. The van der Waals surface area contributed by atoms with Crippen LogP contribution in [-0.2, 0) is 11.3 Å². The van der Waals surface area contributed by atoms with E-state index in [1.807, 2.05) is 4.68 Å². The van der Waals surface area contributed by atoms with Crippen LogP contribution in [0.1, 0.15) is 27.2 Å². The maximum Gasteiger partial charge on any atom is 0.209 e. The Hall–Kier alpha value is -0.660. The molecule has 0 unspecified atom stereocenters. The van der Waals surface area contributed by atoms with Crippen molar-refractivity contribution >= 4 is 11.8 Å². The summed E-state index contributed by atoms with van der Waals surface area (Å²) in [5.74, 6) is 1.59. The molecule has 1 aromatic rings. The molecule has 7 heteroatoms. The van der Waals surface area contributed by atoms with Gasteiger partial charge in [-0.1, -0.05) is 32.5 Å². The number of nitrogens with one attached hydrogen (secondary N) is 1. The maximum atomic E-state index is 5.57. The van der Waals surface area contributed by atoms with Crippen LogP contribution in [0.25, 0.3) is 0 Å². The van der Waals surface area contributed by atoms with Gasteiger partial charge < -0.3 is 10.1 Å². The highest BCUT2D eigenvalue weighted by Crippen LogP contribution is 2.12. The van der Waals surface area contributed by atoms with Crippen LogP contribution in [0.15, 0.2) is 5.16 Å². The van der Waals surface area contributed by atoms with Crippen molar-refractivity contribution in [3.8, 4) is 0 Å². The SMILES string of the molecule is CCNCCn1nnnc1SCCOCCC(C)C. The monoisotopic (exact) mass is 287 g/mol. The standard InChI is InChI=1S/C12H25N5OS/c1-4-13-6-7-17-12(14-15-16-17)19-10-9-18-8-5-11(2)3/h11,13H,4-10H2,1-3H3. The van der Waals surface area contributed by atoms with E-state index in [0.29, 0.717) is 5.92 Å². The number of nitrogens with zero attached hydrogens (tertiary/aromatic N) is 4. The van der Waals surface area contributed by atoms with Gasteiger partial charge in [0.05, 0.1) is 13.2 Å². The summed E-state index contributed by atoms with van der Waals surface area (Å²) in [6.07, 6.45) is 1.12. The Labute approximate surface area is 119 Å². The highest BCUT2D eigenvalue weighted by Gasteiger charge is 2.05. The van der Waals surface area contributed by atoms with Crippen LogP contribution in [0, 0.1) is 5.92 Å². The van der Waals surface area contributed by atoms with Crippen LogP contribution >= 0.6 is 11.8 Å². The molecule has 0 aliphatic carbocycles. The summed E-state index contributed by atoms with van der Waals surface area (Å²) in [4.78, 5) is 0. The van der Waals surface area contributed by atoms with Crippen LogP contribution in [0.3, 0.4) is 0 Å². The average Bonchev–Trinajstić information content (AvgIpc) is 2.81.